The Balaban J connectivity index is 1.70. The molecule has 0 spiro atoms. The highest BCUT2D eigenvalue weighted by Crippen LogP contribution is 2.44. The lowest BCUT2D eigenvalue weighted by atomic mass is 9.96. The number of anilines is 1. The third-order valence-electron chi connectivity index (χ3n) is 6.81. The highest BCUT2D eigenvalue weighted by molar-refractivity contribution is 9.10. The SMILES string of the molecule is Cc1cccc(-n2c(C)cc(C3C(c4ccccn4)NC(=S)N3c3ccc(Br)cc3)c2C)c1C. The molecule has 2 atom stereocenters. The van der Waals surface area contributed by atoms with Gasteiger partial charge in [-0.1, -0.05) is 34.1 Å². The standard InChI is InChI=1S/C28H27BrN4S/c1-17-8-7-10-25(19(17)3)32-18(2)16-23(20(32)4)27-26(24-9-5-6-15-30-24)31-28(34)33(27)22-13-11-21(29)12-14-22/h5-16,26-27H,1-4H3,(H,31,34). The van der Waals surface area contributed by atoms with E-state index in [1.165, 1.54) is 33.8 Å². The minimum Gasteiger partial charge on any atom is -0.351 e. The molecule has 2 aromatic carbocycles. The number of nitrogens with zero attached hydrogens (tertiary/aromatic N) is 3. The number of aryl methyl sites for hydroxylation is 2. The van der Waals surface area contributed by atoms with Crippen LogP contribution in [-0.2, 0) is 0 Å². The summed E-state index contributed by atoms with van der Waals surface area (Å²) >= 11 is 9.45. The van der Waals surface area contributed by atoms with Gasteiger partial charge in [-0.15, -0.1) is 0 Å². The van der Waals surface area contributed by atoms with Gasteiger partial charge >= 0.3 is 0 Å². The monoisotopic (exact) mass is 530 g/mol. The van der Waals surface area contributed by atoms with Gasteiger partial charge in [-0.3, -0.25) is 4.98 Å². The molecule has 2 aromatic heterocycles. The molecule has 1 saturated heterocycles. The van der Waals surface area contributed by atoms with Crippen LogP contribution in [0, 0.1) is 27.7 Å². The number of aromatic nitrogens is 2. The van der Waals surface area contributed by atoms with Crippen molar-refractivity contribution in [3.05, 3.63) is 111 Å². The van der Waals surface area contributed by atoms with Crippen molar-refractivity contribution in [2.75, 3.05) is 4.90 Å². The van der Waals surface area contributed by atoms with E-state index in [0.717, 1.165) is 15.9 Å². The Hall–Kier alpha value is -2.96. The third kappa shape index (κ3) is 3.85. The Morgan fingerprint density at radius 2 is 1.71 bits per heavy atom. The quantitative estimate of drug-likeness (QED) is 0.286. The topological polar surface area (TPSA) is 33.1 Å². The summed E-state index contributed by atoms with van der Waals surface area (Å²) in [6.07, 6.45) is 1.85. The van der Waals surface area contributed by atoms with E-state index in [1.807, 2.05) is 18.3 Å². The van der Waals surface area contributed by atoms with Gasteiger partial charge in [-0.25, -0.2) is 0 Å². The molecule has 0 saturated carbocycles. The lowest BCUT2D eigenvalue weighted by Crippen LogP contribution is -2.29. The summed E-state index contributed by atoms with van der Waals surface area (Å²) in [5.41, 5.74) is 9.50. The predicted molar refractivity (Wildman–Crippen MR) is 147 cm³/mol. The van der Waals surface area contributed by atoms with E-state index in [0.29, 0.717) is 5.11 Å². The average Bonchev–Trinajstić information content (AvgIpc) is 3.32. The van der Waals surface area contributed by atoms with Crippen molar-refractivity contribution in [3.63, 3.8) is 0 Å². The number of halogens is 1. The Bertz CT molecular complexity index is 1360. The first-order valence-corrected chi connectivity index (χ1v) is 12.6. The lowest BCUT2D eigenvalue weighted by Gasteiger charge is -2.28. The summed E-state index contributed by atoms with van der Waals surface area (Å²) < 4.78 is 3.41. The number of hydrogen-bond acceptors (Lipinski definition) is 2. The van der Waals surface area contributed by atoms with E-state index in [2.05, 4.69) is 113 Å². The Morgan fingerprint density at radius 1 is 0.941 bits per heavy atom. The normalized spacial score (nSPS) is 17.8. The largest absolute Gasteiger partial charge is 0.351 e. The molecule has 4 aromatic rings. The molecular formula is C28H27BrN4S. The van der Waals surface area contributed by atoms with E-state index in [4.69, 9.17) is 17.2 Å². The lowest BCUT2D eigenvalue weighted by molar-refractivity contribution is 0.565. The molecule has 0 amide bonds. The van der Waals surface area contributed by atoms with Crippen molar-refractivity contribution in [2.45, 2.75) is 39.8 Å². The van der Waals surface area contributed by atoms with Crippen LogP contribution < -0.4 is 10.2 Å². The first-order chi connectivity index (χ1) is 16.4. The summed E-state index contributed by atoms with van der Waals surface area (Å²) in [5.74, 6) is 0. The molecular weight excluding hydrogens is 504 g/mol. The fourth-order valence-electron chi connectivity index (χ4n) is 4.99. The summed E-state index contributed by atoms with van der Waals surface area (Å²) in [5, 5.41) is 4.28. The molecule has 0 radical (unpaired) electrons. The van der Waals surface area contributed by atoms with E-state index < -0.39 is 0 Å². The van der Waals surface area contributed by atoms with E-state index in [9.17, 15) is 0 Å². The zero-order chi connectivity index (χ0) is 24.0. The molecule has 3 heterocycles. The molecule has 4 nitrogen and oxygen atoms in total. The fraction of sp³-hybridized carbons (Fsp3) is 0.214. The Kier molecular flexibility index (Phi) is 6.04. The van der Waals surface area contributed by atoms with E-state index >= 15 is 0 Å². The van der Waals surface area contributed by atoms with Crippen molar-refractivity contribution < 1.29 is 0 Å². The van der Waals surface area contributed by atoms with Gasteiger partial charge in [0.2, 0.25) is 0 Å². The zero-order valence-electron chi connectivity index (χ0n) is 19.7. The first-order valence-electron chi connectivity index (χ1n) is 11.4. The van der Waals surface area contributed by atoms with Crippen LogP contribution in [-0.4, -0.2) is 14.7 Å². The van der Waals surface area contributed by atoms with Crippen molar-refractivity contribution in [1.82, 2.24) is 14.9 Å². The van der Waals surface area contributed by atoms with Gasteiger partial charge in [-0.05, 0) is 105 Å². The van der Waals surface area contributed by atoms with Crippen LogP contribution in [0.2, 0.25) is 0 Å². The van der Waals surface area contributed by atoms with Gasteiger partial charge < -0.3 is 14.8 Å². The second-order valence-electron chi connectivity index (χ2n) is 8.85. The molecule has 172 valence electrons. The highest BCUT2D eigenvalue weighted by atomic mass is 79.9. The third-order valence-corrected chi connectivity index (χ3v) is 7.65. The van der Waals surface area contributed by atoms with Crippen LogP contribution in [0.25, 0.3) is 5.69 Å². The van der Waals surface area contributed by atoms with Gasteiger partial charge in [0.15, 0.2) is 5.11 Å². The minimum absolute atomic E-state index is 0.0337. The first kappa shape index (κ1) is 22.8. The van der Waals surface area contributed by atoms with E-state index in [1.54, 1.807) is 0 Å². The van der Waals surface area contributed by atoms with Crippen LogP contribution in [0.5, 0.6) is 0 Å². The number of thiocarbonyl (C=S) groups is 1. The maximum Gasteiger partial charge on any atom is 0.174 e. The summed E-state index contributed by atoms with van der Waals surface area (Å²) in [6, 6.07) is 23.1. The van der Waals surface area contributed by atoms with Gasteiger partial charge in [0.05, 0.1) is 17.8 Å². The molecule has 1 fully saturated rings. The summed E-state index contributed by atoms with van der Waals surface area (Å²) in [6.45, 7) is 8.75. The van der Waals surface area contributed by atoms with Crippen molar-refractivity contribution in [3.8, 4) is 5.69 Å². The maximum absolute atomic E-state index is 5.89. The number of nitrogens with one attached hydrogen (secondary N) is 1. The van der Waals surface area contributed by atoms with Crippen LogP contribution in [0.1, 0.15) is 45.9 Å². The fourth-order valence-corrected chi connectivity index (χ4v) is 5.60. The van der Waals surface area contributed by atoms with Gasteiger partial charge in [0.1, 0.15) is 0 Å². The predicted octanol–water partition coefficient (Wildman–Crippen LogP) is 7.05. The number of rotatable bonds is 4. The van der Waals surface area contributed by atoms with Crippen LogP contribution >= 0.6 is 28.1 Å². The van der Waals surface area contributed by atoms with Gasteiger partial charge in [0.25, 0.3) is 0 Å². The van der Waals surface area contributed by atoms with E-state index in [-0.39, 0.29) is 12.1 Å². The molecule has 34 heavy (non-hydrogen) atoms. The van der Waals surface area contributed by atoms with Gasteiger partial charge in [0, 0.05) is 33.4 Å². The molecule has 0 bridgehead atoms. The second kappa shape index (κ2) is 9.01. The van der Waals surface area contributed by atoms with Crippen LogP contribution in [0.4, 0.5) is 5.69 Å². The summed E-state index contributed by atoms with van der Waals surface area (Å²) in [7, 11) is 0. The number of benzene rings is 2. The zero-order valence-corrected chi connectivity index (χ0v) is 22.1. The molecule has 5 rings (SSSR count). The highest BCUT2D eigenvalue weighted by Gasteiger charge is 2.42. The van der Waals surface area contributed by atoms with Crippen molar-refractivity contribution >= 4 is 38.9 Å². The van der Waals surface area contributed by atoms with Crippen molar-refractivity contribution in [2.24, 2.45) is 0 Å². The van der Waals surface area contributed by atoms with Crippen molar-refractivity contribution in [1.29, 1.82) is 0 Å². The molecule has 1 aliphatic heterocycles. The molecule has 6 heteroatoms. The Morgan fingerprint density at radius 3 is 2.41 bits per heavy atom. The Labute approximate surface area is 214 Å². The molecule has 2 unspecified atom stereocenters. The second-order valence-corrected chi connectivity index (χ2v) is 10.2. The minimum atomic E-state index is -0.0649. The smallest absolute Gasteiger partial charge is 0.174 e. The van der Waals surface area contributed by atoms with Crippen LogP contribution in [0.3, 0.4) is 0 Å². The number of hydrogen-bond donors (Lipinski definition) is 1. The molecule has 1 aliphatic rings. The molecule has 1 N–H and O–H groups in total. The number of pyridine rings is 1. The summed E-state index contributed by atoms with van der Waals surface area (Å²) in [4.78, 5) is 6.93. The average molecular weight is 532 g/mol. The van der Waals surface area contributed by atoms with Crippen LogP contribution in [0.15, 0.2) is 77.4 Å². The molecule has 0 aliphatic carbocycles. The maximum atomic E-state index is 5.89. The van der Waals surface area contributed by atoms with Gasteiger partial charge in [-0.2, -0.15) is 0 Å².